The van der Waals surface area contributed by atoms with Crippen LogP contribution in [0.2, 0.25) is 5.02 Å². The zero-order valence-electron chi connectivity index (χ0n) is 18.6. The molecule has 0 aliphatic carbocycles. The second-order valence-corrected chi connectivity index (χ2v) is 8.17. The molecule has 1 fully saturated rings. The van der Waals surface area contributed by atoms with Crippen molar-refractivity contribution in [2.24, 2.45) is 0 Å². The van der Waals surface area contributed by atoms with Gasteiger partial charge < -0.3 is 19.0 Å². The van der Waals surface area contributed by atoms with Gasteiger partial charge in [-0.05, 0) is 24.6 Å². The predicted octanol–water partition coefficient (Wildman–Crippen LogP) is 4.19. The predicted molar refractivity (Wildman–Crippen MR) is 126 cm³/mol. The summed E-state index contributed by atoms with van der Waals surface area (Å²) in [6.07, 6.45) is 0.680. The van der Waals surface area contributed by atoms with E-state index < -0.39 is 4.92 Å². The Kier molecular flexibility index (Phi) is 7.39. The maximum Gasteiger partial charge on any atom is 0.270 e. The van der Waals surface area contributed by atoms with E-state index in [-0.39, 0.29) is 35.5 Å². The number of benzene rings is 2. The highest BCUT2D eigenvalue weighted by molar-refractivity contribution is 6.33. The monoisotopic (exact) mass is 485 g/mol. The molecule has 1 aliphatic rings. The van der Waals surface area contributed by atoms with E-state index in [1.54, 1.807) is 29.2 Å². The fraction of sp³-hybridized carbons (Fsp3) is 0.348. The average molecular weight is 486 g/mol. The molecule has 1 amide bonds. The van der Waals surface area contributed by atoms with Gasteiger partial charge in [0, 0.05) is 31.8 Å². The van der Waals surface area contributed by atoms with Crippen LogP contribution in [-0.4, -0.2) is 58.8 Å². The van der Waals surface area contributed by atoms with Gasteiger partial charge in [-0.3, -0.25) is 14.9 Å². The van der Waals surface area contributed by atoms with Crippen LogP contribution in [0, 0.1) is 10.1 Å². The molecule has 0 radical (unpaired) electrons. The van der Waals surface area contributed by atoms with Crippen molar-refractivity contribution in [3.63, 3.8) is 0 Å². The summed E-state index contributed by atoms with van der Waals surface area (Å²) < 4.78 is 11.2. The van der Waals surface area contributed by atoms with Crippen molar-refractivity contribution >= 4 is 28.9 Å². The lowest BCUT2D eigenvalue weighted by molar-refractivity contribution is -0.384. The number of non-ortho nitro benzene ring substituents is 1. The minimum atomic E-state index is -0.502. The van der Waals surface area contributed by atoms with Gasteiger partial charge in [0.1, 0.15) is 0 Å². The fourth-order valence-electron chi connectivity index (χ4n) is 3.81. The zero-order chi connectivity index (χ0) is 24.1. The zero-order valence-corrected chi connectivity index (χ0v) is 19.4. The van der Waals surface area contributed by atoms with Crippen molar-refractivity contribution in [2.45, 2.75) is 19.9 Å². The molecule has 4 rings (SSSR count). The van der Waals surface area contributed by atoms with Crippen LogP contribution >= 0.6 is 11.6 Å². The molecule has 1 saturated heterocycles. The number of hydrogen-bond acceptors (Lipinski definition) is 8. The Morgan fingerprint density at radius 3 is 2.68 bits per heavy atom. The smallest absolute Gasteiger partial charge is 0.270 e. The number of rotatable bonds is 8. The highest BCUT2D eigenvalue weighted by Gasteiger charge is 2.26. The van der Waals surface area contributed by atoms with Gasteiger partial charge in [0.2, 0.25) is 11.8 Å². The Labute approximate surface area is 201 Å². The molecule has 0 saturated carbocycles. The number of anilines is 1. The SMILES string of the molecule is CCCN(Cc1nnc(-c2ccccc2Cl)o1)C(=O)c1cc([N+](=O)[O-])ccc1N1CCOCC1. The summed E-state index contributed by atoms with van der Waals surface area (Å²) in [7, 11) is 0. The number of hydrogen-bond donors (Lipinski definition) is 0. The van der Waals surface area contributed by atoms with Crippen molar-refractivity contribution in [1.29, 1.82) is 0 Å². The third-order valence-electron chi connectivity index (χ3n) is 5.45. The highest BCUT2D eigenvalue weighted by Crippen LogP contribution is 2.29. The summed E-state index contributed by atoms with van der Waals surface area (Å²) in [6.45, 7) is 4.66. The van der Waals surface area contributed by atoms with Crippen LogP contribution in [0.1, 0.15) is 29.6 Å². The largest absolute Gasteiger partial charge is 0.419 e. The first-order chi connectivity index (χ1) is 16.5. The Morgan fingerprint density at radius 1 is 1.21 bits per heavy atom. The molecular formula is C23H24ClN5O5. The van der Waals surface area contributed by atoms with E-state index in [9.17, 15) is 14.9 Å². The summed E-state index contributed by atoms with van der Waals surface area (Å²) in [5, 5.41) is 20.1. The number of aromatic nitrogens is 2. The molecule has 1 aliphatic heterocycles. The van der Waals surface area contributed by atoms with Crippen LogP contribution in [0.25, 0.3) is 11.5 Å². The molecule has 2 heterocycles. The molecule has 0 unspecified atom stereocenters. The second kappa shape index (κ2) is 10.6. The number of morpholine rings is 1. The first-order valence-corrected chi connectivity index (χ1v) is 11.3. The number of halogens is 1. The van der Waals surface area contributed by atoms with Gasteiger partial charge in [-0.1, -0.05) is 30.7 Å². The molecule has 0 spiro atoms. The van der Waals surface area contributed by atoms with Crippen molar-refractivity contribution < 1.29 is 18.9 Å². The quantitative estimate of drug-likeness (QED) is 0.344. The third kappa shape index (κ3) is 5.18. The van der Waals surface area contributed by atoms with E-state index in [2.05, 4.69) is 10.2 Å². The maximum atomic E-state index is 13.6. The number of nitro groups is 1. The standard InChI is InChI=1S/C23H24ClN5O5/c1-2-9-28(15-21-25-26-22(34-21)17-5-3-4-6-19(17)24)23(30)18-14-16(29(31)32)7-8-20(18)27-10-12-33-13-11-27/h3-8,14H,2,9-13,15H2,1H3. The molecule has 34 heavy (non-hydrogen) atoms. The number of ether oxygens (including phenoxy) is 1. The molecular weight excluding hydrogens is 462 g/mol. The molecule has 2 aromatic carbocycles. The van der Waals surface area contributed by atoms with Gasteiger partial charge in [0.25, 0.3) is 11.6 Å². The normalized spacial score (nSPS) is 13.6. The third-order valence-corrected chi connectivity index (χ3v) is 5.78. The van der Waals surface area contributed by atoms with Crippen LogP contribution < -0.4 is 4.90 Å². The Hall–Kier alpha value is -3.50. The molecule has 11 heteroatoms. The molecule has 10 nitrogen and oxygen atoms in total. The first kappa shape index (κ1) is 23.7. The van der Waals surface area contributed by atoms with E-state index in [1.165, 1.54) is 12.1 Å². The molecule has 0 bridgehead atoms. The van der Waals surface area contributed by atoms with Crippen molar-refractivity contribution in [1.82, 2.24) is 15.1 Å². The summed E-state index contributed by atoms with van der Waals surface area (Å²) in [4.78, 5) is 28.1. The van der Waals surface area contributed by atoms with Gasteiger partial charge in [0.15, 0.2) is 0 Å². The first-order valence-electron chi connectivity index (χ1n) is 11.0. The summed E-state index contributed by atoms with van der Waals surface area (Å²) in [5.74, 6) is 0.161. The second-order valence-electron chi connectivity index (χ2n) is 7.77. The number of carbonyl (C=O) groups excluding carboxylic acids is 1. The molecule has 1 aromatic heterocycles. The van der Waals surface area contributed by atoms with Crippen LogP contribution in [0.3, 0.4) is 0 Å². The number of nitrogens with zero attached hydrogens (tertiary/aromatic N) is 5. The lowest BCUT2D eigenvalue weighted by atomic mass is 10.1. The van der Waals surface area contributed by atoms with Gasteiger partial charge in [0.05, 0.1) is 46.5 Å². The Balaban J connectivity index is 1.63. The lowest BCUT2D eigenvalue weighted by Gasteiger charge is -2.31. The van der Waals surface area contributed by atoms with Crippen molar-refractivity contribution in [3.8, 4) is 11.5 Å². The van der Waals surface area contributed by atoms with Crippen LogP contribution in [0.5, 0.6) is 0 Å². The summed E-state index contributed by atoms with van der Waals surface area (Å²) in [5.41, 5.74) is 1.36. The highest BCUT2D eigenvalue weighted by atomic mass is 35.5. The van der Waals surface area contributed by atoms with Gasteiger partial charge in [-0.2, -0.15) is 0 Å². The molecule has 0 N–H and O–H groups in total. The van der Waals surface area contributed by atoms with E-state index in [4.69, 9.17) is 20.8 Å². The minimum Gasteiger partial charge on any atom is -0.419 e. The van der Waals surface area contributed by atoms with E-state index >= 15 is 0 Å². The topological polar surface area (TPSA) is 115 Å². The van der Waals surface area contributed by atoms with Crippen LogP contribution in [-0.2, 0) is 11.3 Å². The number of amides is 1. The minimum absolute atomic E-state index is 0.0649. The van der Waals surface area contributed by atoms with Crippen molar-refractivity contribution in [3.05, 3.63) is 69.1 Å². The fourth-order valence-corrected chi connectivity index (χ4v) is 4.02. The number of nitro benzene ring substituents is 1. The van der Waals surface area contributed by atoms with E-state index in [1.807, 2.05) is 17.9 Å². The Morgan fingerprint density at radius 2 is 1.97 bits per heavy atom. The molecule has 3 aromatic rings. The summed E-state index contributed by atoms with van der Waals surface area (Å²) >= 11 is 6.22. The Bertz CT molecular complexity index is 1180. The van der Waals surface area contributed by atoms with Crippen LogP contribution in [0.15, 0.2) is 46.9 Å². The maximum absolute atomic E-state index is 13.6. The van der Waals surface area contributed by atoms with Gasteiger partial charge in [-0.25, -0.2) is 0 Å². The van der Waals surface area contributed by atoms with Crippen molar-refractivity contribution in [2.75, 3.05) is 37.7 Å². The number of carbonyl (C=O) groups is 1. The molecule has 0 atom stereocenters. The van der Waals surface area contributed by atoms with Gasteiger partial charge in [-0.15, -0.1) is 10.2 Å². The lowest BCUT2D eigenvalue weighted by Crippen LogP contribution is -2.38. The van der Waals surface area contributed by atoms with Gasteiger partial charge >= 0.3 is 0 Å². The molecule has 178 valence electrons. The van der Waals surface area contributed by atoms with E-state index in [0.29, 0.717) is 55.5 Å². The van der Waals surface area contributed by atoms with Crippen LogP contribution in [0.4, 0.5) is 11.4 Å². The van der Waals surface area contributed by atoms with E-state index in [0.717, 1.165) is 0 Å². The average Bonchev–Trinajstić information content (AvgIpc) is 3.32. The summed E-state index contributed by atoms with van der Waals surface area (Å²) in [6, 6.07) is 11.5.